The van der Waals surface area contributed by atoms with E-state index in [4.69, 9.17) is 9.84 Å². The standard InChI is InChI=1S/C14H18F3NO2.ClH/c15-14(16,17)10-18-7-1-2-11(8-18)9-20-13-5-3-12(19)4-6-13;/h3-6,11,19H,1-2,7-10H2;1H/t11-;/m0./s1. The Labute approximate surface area is 128 Å². The average Bonchev–Trinajstić information content (AvgIpc) is 2.36. The Balaban J connectivity index is 0.00000220. The van der Waals surface area contributed by atoms with Gasteiger partial charge in [-0.05, 0) is 43.7 Å². The van der Waals surface area contributed by atoms with Gasteiger partial charge in [0.2, 0.25) is 0 Å². The highest BCUT2D eigenvalue weighted by Gasteiger charge is 2.33. The van der Waals surface area contributed by atoms with E-state index in [-0.39, 0.29) is 24.1 Å². The van der Waals surface area contributed by atoms with Crippen LogP contribution in [0.5, 0.6) is 11.5 Å². The predicted molar refractivity (Wildman–Crippen MR) is 76.1 cm³/mol. The molecule has 2 rings (SSSR count). The molecule has 0 amide bonds. The largest absolute Gasteiger partial charge is 0.508 e. The summed E-state index contributed by atoms with van der Waals surface area (Å²) in [5, 5.41) is 9.15. The summed E-state index contributed by atoms with van der Waals surface area (Å²) in [6.45, 7) is 0.467. The van der Waals surface area contributed by atoms with E-state index in [0.717, 1.165) is 12.8 Å². The zero-order chi connectivity index (χ0) is 14.6. The maximum atomic E-state index is 12.4. The van der Waals surface area contributed by atoms with Crippen LogP contribution in [0.4, 0.5) is 13.2 Å². The highest BCUT2D eigenvalue weighted by molar-refractivity contribution is 5.85. The number of hydrogen-bond donors (Lipinski definition) is 1. The minimum absolute atomic E-state index is 0. The van der Waals surface area contributed by atoms with Crippen LogP contribution >= 0.6 is 12.4 Å². The molecular weight excluding hydrogens is 307 g/mol. The Morgan fingerprint density at radius 1 is 1.24 bits per heavy atom. The van der Waals surface area contributed by atoms with Crippen molar-refractivity contribution < 1.29 is 23.0 Å². The highest BCUT2D eigenvalue weighted by Crippen LogP contribution is 2.23. The summed E-state index contributed by atoms with van der Waals surface area (Å²) >= 11 is 0. The fourth-order valence-corrected chi connectivity index (χ4v) is 2.44. The first-order valence-corrected chi connectivity index (χ1v) is 6.63. The van der Waals surface area contributed by atoms with Crippen LogP contribution < -0.4 is 4.74 Å². The molecule has 0 bridgehead atoms. The van der Waals surface area contributed by atoms with Crippen LogP contribution in [0, 0.1) is 5.92 Å². The lowest BCUT2D eigenvalue weighted by Crippen LogP contribution is -2.42. The molecule has 1 aromatic carbocycles. The Kier molecular flexibility index (Phi) is 6.61. The molecule has 1 saturated heterocycles. The van der Waals surface area contributed by atoms with E-state index < -0.39 is 12.7 Å². The maximum Gasteiger partial charge on any atom is 0.401 e. The zero-order valence-electron chi connectivity index (χ0n) is 11.5. The smallest absolute Gasteiger partial charge is 0.401 e. The zero-order valence-corrected chi connectivity index (χ0v) is 12.3. The molecule has 21 heavy (non-hydrogen) atoms. The molecule has 1 atom stereocenters. The molecular formula is C14H19ClF3NO2. The third-order valence-corrected chi connectivity index (χ3v) is 3.33. The van der Waals surface area contributed by atoms with Crippen molar-refractivity contribution in [2.24, 2.45) is 5.92 Å². The second kappa shape index (κ2) is 7.75. The Morgan fingerprint density at radius 2 is 1.90 bits per heavy atom. The molecule has 0 unspecified atom stereocenters. The van der Waals surface area contributed by atoms with E-state index in [2.05, 4.69) is 0 Å². The molecule has 1 aliphatic rings. The van der Waals surface area contributed by atoms with E-state index in [1.165, 1.54) is 17.0 Å². The number of benzene rings is 1. The van der Waals surface area contributed by atoms with Gasteiger partial charge in [0.25, 0.3) is 0 Å². The van der Waals surface area contributed by atoms with E-state index in [0.29, 0.717) is 25.4 Å². The van der Waals surface area contributed by atoms with Crippen molar-refractivity contribution in [3.8, 4) is 11.5 Å². The van der Waals surface area contributed by atoms with Gasteiger partial charge in [-0.3, -0.25) is 4.90 Å². The van der Waals surface area contributed by atoms with E-state index in [1.54, 1.807) is 12.1 Å². The molecule has 3 nitrogen and oxygen atoms in total. The van der Waals surface area contributed by atoms with Crippen molar-refractivity contribution in [1.29, 1.82) is 0 Å². The molecule has 0 saturated carbocycles. The second-order valence-electron chi connectivity index (χ2n) is 5.16. The lowest BCUT2D eigenvalue weighted by molar-refractivity contribution is -0.149. The molecule has 0 aliphatic carbocycles. The second-order valence-corrected chi connectivity index (χ2v) is 5.16. The number of likely N-dealkylation sites (tertiary alicyclic amines) is 1. The summed E-state index contributed by atoms with van der Waals surface area (Å²) in [7, 11) is 0. The number of ether oxygens (including phenoxy) is 1. The molecule has 0 spiro atoms. The molecule has 1 fully saturated rings. The van der Waals surface area contributed by atoms with Crippen LogP contribution in [-0.2, 0) is 0 Å². The molecule has 7 heteroatoms. The number of aromatic hydroxyl groups is 1. The fourth-order valence-electron chi connectivity index (χ4n) is 2.44. The number of rotatable bonds is 4. The van der Waals surface area contributed by atoms with Crippen molar-refractivity contribution in [2.75, 3.05) is 26.2 Å². The average molecular weight is 326 g/mol. The van der Waals surface area contributed by atoms with Gasteiger partial charge >= 0.3 is 6.18 Å². The van der Waals surface area contributed by atoms with Crippen molar-refractivity contribution in [3.63, 3.8) is 0 Å². The van der Waals surface area contributed by atoms with Crippen molar-refractivity contribution in [2.45, 2.75) is 19.0 Å². The van der Waals surface area contributed by atoms with Gasteiger partial charge in [0.1, 0.15) is 11.5 Å². The van der Waals surface area contributed by atoms with Gasteiger partial charge in [-0.2, -0.15) is 13.2 Å². The highest BCUT2D eigenvalue weighted by atomic mass is 35.5. The minimum Gasteiger partial charge on any atom is -0.508 e. The van der Waals surface area contributed by atoms with Gasteiger partial charge in [-0.15, -0.1) is 12.4 Å². The normalized spacial score (nSPS) is 19.9. The van der Waals surface area contributed by atoms with Gasteiger partial charge in [0, 0.05) is 12.5 Å². The summed E-state index contributed by atoms with van der Waals surface area (Å²) in [4.78, 5) is 1.44. The number of phenols is 1. The lowest BCUT2D eigenvalue weighted by Gasteiger charge is -2.32. The molecule has 0 radical (unpaired) electrons. The monoisotopic (exact) mass is 325 g/mol. The lowest BCUT2D eigenvalue weighted by atomic mass is 9.99. The quantitative estimate of drug-likeness (QED) is 0.920. The van der Waals surface area contributed by atoms with Gasteiger partial charge in [-0.25, -0.2) is 0 Å². The van der Waals surface area contributed by atoms with Gasteiger partial charge in [-0.1, -0.05) is 0 Å². The van der Waals surface area contributed by atoms with Gasteiger partial charge in [0.05, 0.1) is 13.2 Å². The SMILES string of the molecule is Cl.Oc1ccc(OC[C@H]2CCCN(CC(F)(F)F)C2)cc1. The number of alkyl halides is 3. The first kappa shape index (κ1) is 17.9. The van der Waals surface area contributed by atoms with Crippen LogP contribution in [-0.4, -0.2) is 42.4 Å². The van der Waals surface area contributed by atoms with Crippen LogP contribution in [0.1, 0.15) is 12.8 Å². The van der Waals surface area contributed by atoms with Crippen molar-refractivity contribution in [3.05, 3.63) is 24.3 Å². The summed E-state index contributed by atoms with van der Waals surface area (Å²) < 4.78 is 42.6. The fraction of sp³-hybridized carbons (Fsp3) is 0.571. The molecule has 1 N–H and O–H groups in total. The minimum atomic E-state index is -4.14. The molecule has 1 aromatic rings. The first-order chi connectivity index (χ1) is 9.42. The molecule has 120 valence electrons. The van der Waals surface area contributed by atoms with Crippen LogP contribution in [0.2, 0.25) is 0 Å². The number of hydrogen-bond acceptors (Lipinski definition) is 3. The third kappa shape index (κ3) is 6.44. The molecule has 1 aliphatic heterocycles. The summed E-state index contributed by atoms with van der Waals surface area (Å²) in [5.74, 6) is 0.891. The summed E-state index contributed by atoms with van der Waals surface area (Å²) in [5.41, 5.74) is 0. The van der Waals surface area contributed by atoms with Crippen molar-refractivity contribution >= 4 is 12.4 Å². The molecule has 1 heterocycles. The third-order valence-electron chi connectivity index (χ3n) is 3.33. The topological polar surface area (TPSA) is 32.7 Å². The van der Waals surface area contributed by atoms with E-state index in [1.807, 2.05) is 0 Å². The van der Waals surface area contributed by atoms with Crippen LogP contribution in [0.25, 0.3) is 0 Å². The first-order valence-electron chi connectivity index (χ1n) is 6.63. The van der Waals surface area contributed by atoms with Gasteiger partial charge < -0.3 is 9.84 Å². The van der Waals surface area contributed by atoms with Crippen molar-refractivity contribution in [1.82, 2.24) is 4.90 Å². The number of nitrogens with zero attached hydrogens (tertiary/aromatic N) is 1. The Bertz CT molecular complexity index is 425. The van der Waals surface area contributed by atoms with E-state index in [9.17, 15) is 13.2 Å². The maximum absolute atomic E-state index is 12.4. The number of halogens is 4. The molecule has 0 aromatic heterocycles. The predicted octanol–water partition coefficient (Wildman–Crippen LogP) is 3.47. The van der Waals surface area contributed by atoms with E-state index >= 15 is 0 Å². The summed E-state index contributed by atoms with van der Waals surface area (Å²) in [6.07, 6.45) is -2.49. The van der Waals surface area contributed by atoms with Crippen LogP contribution in [0.3, 0.4) is 0 Å². The van der Waals surface area contributed by atoms with Crippen LogP contribution in [0.15, 0.2) is 24.3 Å². The number of phenolic OH excluding ortho intramolecular Hbond substituents is 1. The number of piperidine rings is 1. The van der Waals surface area contributed by atoms with Gasteiger partial charge in [0.15, 0.2) is 0 Å². The summed E-state index contributed by atoms with van der Waals surface area (Å²) in [6, 6.07) is 6.33. The Hall–Kier alpha value is -1.14. The Morgan fingerprint density at radius 3 is 2.52 bits per heavy atom.